The average molecular weight is 339 g/mol. The second kappa shape index (κ2) is 6.04. The van der Waals surface area contributed by atoms with Crippen molar-refractivity contribution in [2.45, 2.75) is 26.4 Å². The first-order valence-corrected chi connectivity index (χ1v) is 7.03. The molecular formula is C13H15BrN4O2. The van der Waals surface area contributed by atoms with Gasteiger partial charge in [0.15, 0.2) is 0 Å². The zero-order valence-corrected chi connectivity index (χ0v) is 12.8. The number of nitrogens with zero attached hydrogens (tertiary/aromatic N) is 3. The van der Waals surface area contributed by atoms with E-state index >= 15 is 0 Å². The van der Waals surface area contributed by atoms with E-state index in [-0.39, 0.29) is 11.7 Å². The lowest BCUT2D eigenvalue weighted by Gasteiger charge is -2.13. The second-order valence-electron chi connectivity index (χ2n) is 4.42. The highest BCUT2D eigenvalue weighted by Crippen LogP contribution is 2.29. The van der Waals surface area contributed by atoms with Gasteiger partial charge in [-0.3, -0.25) is 14.8 Å². The number of anilines is 1. The number of nitro groups is 1. The van der Waals surface area contributed by atoms with Gasteiger partial charge in [-0.25, -0.2) is 0 Å². The summed E-state index contributed by atoms with van der Waals surface area (Å²) in [5.41, 5.74) is 1.79. The van der Waals surface area contributed by atoms with Crippen LogP contribution in [0.5, 0.6) is 0 Å². The monoisotopic (exact) mass is 338 g/mol. The molecule has 0 saturated carbocycles. The molecule has 0 saturated heterocycles. The maximum Gasteiger partial charge on any atom is 0.285 e. The number of nitro benzene ring substituents is 1. The van der Waals surface area contributed by atoms with E-state index in [0.717, 1.165) is 12.1 Å². The van der Waals surface area contributed by atoms with E-state index in [1.807, 2.05) is 24.7 Å². The van der Waals surface area contributed by atoms with Gasteiger partial charge in [0.1, 0.15) is 0 Å². The van der Waals surface area contributed by atoms with E-state index in [1.165, 1.54) is 6.07 Å². The quantitative estimate of drug-likeness (QED) is 0.665. The Morgan fingerprint density at radius 2 is 2.30 bits per heavy atom. The van der Waals surface area contributed by atoms with Crippen molar-refractivity contribution in [3.63, 3.8) is 0 Å². The first kappa shape index (κ1) is 14.5. The minimum absolute atomic E-state index is 0.0241. The molecule has 2 aromatic rings. The SMILES string of the molecule is CCn1cc(C(C)Nc2ccc(Br)c([N+](=O)[O-])c2)cn1. The highest BCUT2D eigenvalue weighted by molar-refractivity contribution is 9.10. The highest BCUT2D eigenvalue weighted by atomic mass is 79.9. The lowest BCUT2D eigenvalue weighted by atomic mass is 10.1. The van der Waals surface area contributed by atoms with Gasteiger partial charge in [0.05, 0.1) is 21.6 Å². The topological polar surface area (TPSA) is 73.0 Å². The first-order chi connectivity index (χ1) is 9.51. The van der Waals surface area contributed by atoms with Crippen LogP contribution in [0.4, 0.5) is 11.4 Å². The molecule has 0 radical (unpaired) electrons. The third-order valence-corrected chi connectivity index (χ3v) is 3.67. The molecule has 0 bridgehead atoms. The van der Waals surface area contributed by atoms with Gasteiger partial charge < -0.3 is 5.32 Å². The van der Waals surface area contributed by atoms with E-state index in [2.05, 4.69) is 26.3 Å². The van der Waals surface area contributed by atoms with Crippen LogP contribution in [0.2, 0.25) is 0 Å². The van der Waals surface area contributed by atoms with Gasteiger partial charge in [-0.2, -0.15) is 5.10 Å². The lowest BCUT2D eigenvalue weighted by molar-refractivity contribution is -0.385. The molecule has 0 aliphatic heterocycles. The summed E-state index contributed by atoms with van der Waals surface area (Å²) in [6.07, 6.45) is 3.76. The van der Waals surface area contributed by atoms with E-state index in [0.29, 0.717) is 10.2 Å². The van der Waals surface area contributed by atoms with Crippen molar-refractivity contribution < 1.29 is 4.92 Å². The van der Waals surface area contributed by atoms with Crippen LogP contribution in [-0.2, 0) is 6.54 Å². The second-order valence-corrected chi connectivity index (χ2v) is 5.27. The maximum atomic E-state index is 10.9. The molecule has 0 aliphatic carbocycles. The number of halogens is 1. The van der Waals surface area contributed by atoms with E-state index in [1.54, 1.807) is 18.3 Å². The predicted octanol–water partition coefficient (Wildman–Crippen LogP) is 3.75. The molecule has 106 valence electrons. The molecular weight excluding hydrogens is 324 g/mol. The zero-order valence-electron chi connectivity index (χ0n) is 11.2. The number of benzene rings is 1. The molecule has 6 nitrogen and oxygen atoms in total. The van der Waals surface area contributed by atoms with Crippen molar-refractivity contribution >= 4 is 27.3 Å². The predicted molar refractivity (Wildman–Crippen MR) is 80.7 cm³/mol. The summed E-state index contributed by atoms with van der Waals surface area (Å²) >= 11 is 3.17. The van der Waals surface area contributed by atoms with Crippen molar-refractivity contribution in [3.05, 3.63) is 50.7 Å². The summed E-state index contributed by atoms with van der Waals surface area (Å²) < 4.78 is 2.32. The Labute approximate surface area is 125 Å². The molecule has 1 aromatic carbocycles. The standard InChI is InChI=1S/C13H15BrN4O2/c1-3-17-8-10(7-15-17)9(2)16-11-4-5-12(14)13(6-11)18(19)20/h4-9,16H,3H2,1-2H3. The summed E-state index contributed by atoms with van der Waals surface area (Å²) in [5.74, 6) is 0. The summed E-state index contributed by atoms with van der Waals surface area (Å²) in [6.45, 7) is 4.83. The molecule has 0 aliphatic rings. The Balaban J connectivity index is 2.17. The van der Waals surface area contributed by atoms with Gasteiger partial charge in [-0.05, 0) is 41.9 Å². The van der Waals surface area contributed by atoms with Crippen molar-refractivity contribution in [1.82, 2.24) is 9.78 Å². The molecule has 7 heteroatoms. The molecule has 1 N–H and O–H groups in total. The normalized spacial score (nSPS) is 12.2. The smallest absolute Gasteiger partial charge is 0.285 e. The minimum atomic E-state index is -0.408. The number of aryl methyl sites for hydroxylation is 1. The molecule has 0 fully saturated rings. The molecule has 0 amide bonds. The van der Waals surface area contributed by atoms with E-state index in [9.17, 15) is 10.1 Å². The van der Waals surface area contributed by atoms with Crippen molar-refractivity contribution in [3.8, 4) is 0 Å². The van der Waals surface area contributed by atoms with Crippen LogP contribution >= 0.6 is 15.9 Å². The summed E-state index contributed by atoms with van der Waals surface area (Å²) in [5, 5.41) is 18.4. The van der Waals surface area contributed by atoms with Gasteiger partial charge in [-0.1, -0.05) is 0 Å². The molecule has 1 unspecified atom stereocenters. The van der Waals surface area contributed by atoms with Crippen LogP contribution in [0.1, 0.15) is 25.5 Å². The van der Waals surface area contributed by atoms with Gasteiger partial charge >= 0.3 is 0 Å². The highest BCUT2D eigenvalue weighted by Gasteiger charge is 2.14. The fourth-order valence-corrected chi connectivity index (χ4v) is 2.24. The number of aromatic nitrogens is 2. The Bertz CT molecular complexity index is 627. The van der Waals surface area contributed by atoms with Crippen molar-refractivity contribution in [2.24, 2.45) is 0 Å². The fourth-order valence-electron chi connectivity index (χ4n) is 1.85. The Morgan fingerprint density at radius 3 is 2.90 bits per heavy atom. The minimum Gasteiger partial charge on any atom is -0.378 e. The van der Waals surface area contributed by atoms with Crippen LogP contribution in [-0.4, -0.2) is 14.7 Å². The molecule has 1 atom stereocenters. The Hall–Kier alpha value is -1.89. The number of hydrogen-bond donors (Lipinski definition) is 1. The van der Waals surface area contributed by atoms with Gasteiger partial charge in [0.25, 0.3) is 5.69 Å². The van der Waals surface area contributed by atoms with Gasteiger partial charge in [0, 0.05) is 30.1 Å². The largest absolute Gasteiger partial charge is 0.378 e. The van der Waals surface area contributed by atoms with Gasteiger partial charge in [-0.15, -0.1) is 0 Å². The number of nitrogens with one attached hydrogen (secondary N) is 1. The first-order valence-electron chi connectivity index (χ1n) is 6.24. The third kappa shape index (κ3) is 3.16. The van der Waals surface area contributed by atoms with Crippen molar-refractivity contribution in [2.75, 3.05) is 5.32 Å². The lowest BCUT2D eigenvalue weighted by Crippen LogP contribution is -2.06. The molecule has 1 aromatic heterocycles. The number of hydrogen-bond acceptors (Lipinski definition) is 4. The Morgan fingerprint density at radius 1 is 1.55 bits per heavy atom. The van der Waals surface area contributed by atoms with Crippen LogP contribution < -0.4 is 5.32 Å². The average Bonchev–Trinajstić information content (AvgIpc) is 2.89. The molecule has 1 heterocycles. The molecule has 2 rings (SSSR count). The van der Waals surface area contributed by atoms with Crippen LogP contribution in [0.15, 0.2) is 35.1 Å². The van der Waals surface area contributed by atoms with E-state index in [4.69, 9.17) is 0 Å². The fraction of sp³-hybridized carbons (Fsp3) is 0.308. The third-order valence-electron chi connectivity index (χ3n) is 3.00. The van der Waals surface area contributed by atoms with E-state index < -0.39 is 4.92 Å². The Kier molecular flexibility index (Phi) is 4.39. The number of rotatable bonds is 5. The summed E-state index contributed by atoms with van der Waals surface area (Å²) in [6, 6.07) is 5.02. The summed E-state index contributed by atoms with van der Waals surface area (Å²) in [7, 11) is 0. The van der Waals surface area contributed by atoms with Gasteiger partial charge in [0.2, 0.25) is 0 Å². The molecule has 20 heavy (non-hydrogen) atoms. The van der Waals surface area contributed by atoms with Crippen molar-refractivity contribution in [1.29, 1.82) is 0 Å². The zero-order chi connectivity index (χ0) is 14.7. The van der Waals surface area contributed by atoms with Crippen LogP contribution in [0.3, 0.4) is 0 Å². The van der Waals surface area contributed by atoms with Crippen LogP contribution in [0, 0.1) is 10.1 Å². The maximum absolute atomic E-state index is 10.9. The summed E-state index contributed by atoms with van der Waals surface area (Å²) in [4.78, 5) is 10.5. The molecule has 0 spiro atoms. The van der Waals surface area contributed by atoms with Crippen LogP contribution in [0.25, 0.3) is 0 Å².